The number of carbonyl (C=O) groups is 2. The van der Waals surface area contributed by atoms with E-state index < -0.39 is 0 Å². The van der Waals surface area contributed by atoms with Crippen LogP contribution in [0.1, 0.15) is 31.4 Å². The van der Waals surface area contributed by atoms with Crippen LogP contribution in [0.5, 0.6) is 5.88 Å². The molecule has 156 valence electrons. The Morgan fingerprint density at radius 3 is 2.93 bits per heavy atom. The number of likely N-dealkylation sites (tertiary alicyclic amines) is 1. The van der Waals surface area contributed by atoms with Crippen LogP contribution in [-0.2, 0) is 4.79 Å². The van der Waals surface area contributed by atoms with Crippen LogP contribution in [0.25, 0.3) is 10.9 Å². The average Bonchev–Trinajstić information content (AvgIpc) is 3.34. The highest BCUT2D eigenvalue weighted by atomic mass is 16.5. The minimum absolute atomic E-state index is 0.135. The first-order valence-corrected chi connectivity index (χ1v) is 9.97. The van der Waals surface area contributed by atoms with E-state index in [4.69, 9.17) is 4.74 Å². The lowest BCUT2D eigenvalue weighted by molar-refractivity contribution is -0.128. The first-order chi connectivity index (χ1) is 14.6. The fraction of sp³-hybridized carbons (Fsp3) is 0.333. The van der Waals surface area contributed by atoms with Gasteiger partial charge >= 0.3 is 6.03 Å². The molecule has 0 radical (unpaired) electrons. The molecular weight excluding hydrogens is 384 g/mol. The maximum atomic E-state index is 12.3. The fourth-order valence-electron chi connectivity index (χ4n) is 3.43. The molecule has 9 heteroatoms. The lowest BCUT2D eigenvalue weighted by atomic mass is 10.1. The number of hydrogen-bond donors (Lipinski definition) is 3. The second-order valence-corrected chi connectivity index (χ2v) is 7.21. The van der Waals surface area contributed by atoms with E-state index in [0.717, 1.165) is 18.5 Å². The second kappa shape index (κ2) is 8.81. The number of aromatic amines is 1. The van der Waals surface area contributed by atoms with Gasteiger partial charge in [0.1, 0.15) is 12.4 Å². The van der Waals surface area contributed by atoms with E-state index in [1.807, 2.05) is 37.3 Å². The Labute approximate surface area is 173 Å². The summed E-state index contributed by atoms with van der Waals surface area (Å²) in [5, 5.41) is 13.4. The summed E-state index contributed by atoms with van der Waals surface area (Å²) in [6.45, 7) is 3.61. The predicted molar refractivity (Wildman–Crippen MR) is 112 cm³/mol. The normalized spacial score (nSPS) is 14.7. The van der Waals surface area contributed by atoms with Crippen molar-refractivity contribution in [3.8, 4) is 5.88 Å². The summed E-state index contributed by atoms with van der Waals surface area (Å²) in [6, 6.07) is 10.9. The molecule has 0 aliphatic carbocycles. The largest absolute Gasteiger partial charge is 0.474 e. The molecule has 0 saturated carbocycles. The monoisotopic (exact) mass is 408 g/mol. The lowest BCUT2D eigenvalue weighted by Gasteiger charge is -2.15. The van der Waals surface area contributed by atoms with Crippen molar-refractivity contribution >= 4 is 28.7 Å². The Balaban J connectivity index is 1.33. The minimum atomic E-state index is -0.343. The first kappa shape index (κ1) is 19.7. The van der Waals surface area contributed by atoms with Gasteiger partial charge in [-0.05, 0) is 18.9 Å². The van der Waals surface area contributed by atoms with Gasteiger partial charge in [-0.2, -0.15) is 0 Å². The number of nitrogens with zero attached hydrogens (tertiary/aromatic N) is 3. The molecule has 1 fully saturated rings. The number of benzene rings is 1. The van der Waals surface area contributed by atoms with Gasteiger partial charge in [0.2, 0.25) is 11.8 Å². The number of H-pyrrole nitrogens is 1. The van der Waals surface area contributed by atoms with Crippen molar-refractivity contribution in [2.75, 3.05) is 25.0 Å². The number of ether oxygens (including phenoxy) is 1. The average molecular weight is 408 g/mol. The molecule has 3 aromatic rings. The van der Waals surface area contributed by atoms with E-state index in [1.54, 1.807) is 17.2 Å². The quantitative estimate of drug-likeness (QED) is 0.556. The van der Waals surface area contributed by atoms with Crippen LogP contribution < -0.4 is 15.4 Å². The van der Waals surface area contributed by atoms with Gasteiger partial charge in [-0.25, -0.2) is 9.78 Å². The van der Waals surface area contributed by atoms with E-state index in [9.17, 15) is 9.59 Å². The third-order valence-corrected chi connectivity index (χ3v) is 5.07. The summed E-state index contributed by atoms with van der Waals surface area (Å²) in [5.74, 6) is 0.999. The van der Waals surface area contributed by atoms with Crippen LogP contribution in [-0.4, -0.2) is 51.7 Å². The molecule has 1 aliphatic heterocycles. The van der Waals surface area contributed by atoms with E-state index in [2.05, 4.69) is 25.8 Å². The molecule has 0 unspecified atom stereocenters. The summed E-state index contributed by atoms with van der Waals surface area (Å²) in [7, 11) is 0. The smallest absolute Gasteiger partial charge is 0.320 e. The molecule has 1 aliphatic rings. The van der Waals surface area contributed by atoms with Gasteiger partial charge in [-0.1, -0.05) is 30.3 Å². The molecule has 0 bridgehead atoms. The molecule has 1 aromatic carbocycles. The molecule has 1 atom stereocenters. The van der Waals surface area contributed by atoms with Crippen molar-refractivity contribution in [3.05, 3.63) is 48.2 Å². The van der Waals surface area contributed by atoms with Crippen molar-refractivity contribution in [2.45, 2.75) is 25.8 Å². The highest BCUT2D eigenvalue weighted by Crippen LogP contribution is 2.24. The summed E-state index contributed by atoms with van der Waals surface area (Å²) < 4.78 is 5.72. The van der Waals surface area contributed by atoms with Crippen LogP contribution in [0.3, 0.4) is 0 Å². The highest BCUT2D eigenvalue weighted by molar-refractivity contribution is 5.92. The third-order valence-electron chi connectivity index (χ3n) is 5.07. The maximum absolute atomic E-state index is 12.3. The van der Waals surface area contributed by atoms with Gasteiger partial charge in [0, 0.05) is 25.2 Å². The summed E-state index contributed by atoms with van der Waals surface area (Å²) >= 11 is 0. The number of amides is 3. The molecule has 0 spiro atoms. The molecule has 30 heavy (non-hydrogen) atoms. The molecule has 9 nitrogen and oxygen atoms in total. The molecule has 3 amide bonds. The zero-order valence-electron chi connectivity index (χ0n) is 16.7. The summed E-state index contributed by atoms with van der Waals surface area (Å²) in [4.78, 5) is 30.0. The van der Waals surface area contributed by atoms with Gasteiger partial charge in [-0.15, -0.1) is 5.10 Å². The Kier molecular flexibility index (Phi) is 5.78. The van der Waals surface area contributed by atoms with E-state index >= 15 is 0 Å². The van der Waals surface area contributed by atoms with Crippen molar-refractivity contribution in [1.82, 2.24) is 25.4 Å². The van der Waals surface area contributed by atoms with Gasteiger partial charge < -0.3 is 15.0 Å². The maximum Gasteiger partial charge on any atom is 0.320 e. The van der Waals surface area contributed by atoms with Gasteiger partial charge in [-0.3, -0.25) is 15.2 Å². The lowest BCUT2D eigenvalue weighted by Crippen LogP contribution is -2.31. The number of rotatable bonds is 7. The number of urea groups is 1. The van der Waals surface area contributed by atoms with Crippen molar-refractivity contribution < 1.29 is 14.3 Å². The SMILES string of the molecule is C[C@@H](NC(=O)Nc1cc2[nH]nc(OCCN3CCCC3=O)c2cn1)c1ccccc1. The van der Waals surface area contributed by atoms with Gasteiger partial charge in [0.05, 0.1) is 23.5 Å². The Morgan fingerprint density at radius 1 is 1.33 bits per heavy atom. The number of pyridine rings is 1. The van der Waals surface area contributed by atoms with Gasteiger partial charge in [0.25, 0.3) is 0 Å². The van der Waals surface area contributed by atoms with Crippen molar-refractivity contribution in [1.29, 1.82) is 0 Å². The van der Waals surface area contributed by atoms with Gasteiger partial charge in [0.15, 0.2) is 0 Å². The molecule has 2 aromatic heterocycles. The number of hydrogen-bond acceptors (Lipinski definition) is 5. The number of nitrogens with one attached hydrogen (secondary N) is 3. The molecule has 3 heterocycles. The summed E-state index contributed by atoms with van der Waals surface area (Å²) in [5.41, 5.74) is 1.71. The Bertz CT molecular complexity index is 1040. The molecular formula is C21H24N6O3. The number of carbonyl (C=O) groups excluding carboxylic acids is 2. The van der Waals surface area contributed by atoms with Crippen LogP contribution in [0.15, 0.2) is 42.6 Å². The molecule has 3 N–H and O–H groups in total. The Morgan fingerprint density at radius 2 is 2.17 bits per heavy atom. The number of aromatic nitrogens is 3. The number of fused-ring (bicyclic) bond motifs is 1. The first-order valence-electron chi connectivity index (χ1n) is 9.97. The minimum Gasteiger partial charge on any atom is -0.474 e. The van der Waals surface area contributed by atoms with E-state index in [1.165, 1.54) is 0 Å². The third kappa shape index (κ3) is 4.51. The number of anilines is 1. The zero-order valence-corrected chi connectivity index (χ0v) is 16.7. The molecule has 1 saturated heterocycles. The highest BCUT2D eigenvalue weighted by Gasteiger charge is 2.20. The van der Waals surface area contributed by atoms with Crippen LogP contribution in [0.2, 0.25) is 0 Å². The molecule has 4 rings (SSSR count). The zero-order chi connectivity index (χ0) is 20.9. The van der Waals surface area contributed by atoms with Crippen LogP contribution in [0.4, 0.5) is 10.6 Å². The predicted octanol–water partition coefficient (Wildman–Crippen LogP) is 2.84. The van der Waals surface area contributed by atoms with Crippen LogP contribution >= 0.6 is 0 Å². The fourth-order valence-corrected chi connectivity index (χ4v) is 3.43. The van der Waals surface area contributed by atoms with Crippen LogP contribution in [0, 0.1) is 0 Å². The second-order valence-electron chi connectivity index (χ2n) is 7.21. The Hall–Kier alpha value is -3.62. The standard InChI is InChI=1S/C21H24N6O3/c1-14(15-6-3-2-4-7-15)23-21(29)24-18-12-17-16(13-22-18)20(26-25-17)30-11-10-27-9-5-8-19(27)28/h2-4,6-7,12-14H,5,8-11H2,1H3,(H,25,26)(H2,22,23,24,29)/t14-/m1/s1. The topological polar surface area (TPSA) is 112 Å². The summed E-state index contributed by atoms with van der Waals surface area (Å²) in [6.07, 6.45) is 3.12. The van der Waals surface area contributed by atoms with E-state index in [0.29, 0.717) is 42.2 Å². The van der Waals surface area contributed by atoms with Crippen molar-refractivity contribution in [2.24, 2.45) is 0 Å². The van der Waals surface area contributed by atoms with Crippen molar-refractivity contribution in [3.63, 3.8) is 0 Å². The van der Waals surface area contributed by atoms with E-state index in [-0.39, 0.29) is 18.0 Å².